The third kappa shape index (κ3) is 3.63. The zero-order valence-electron chi connectivity index (χ0n) is 15.8. The van der Waals surface area contributed by atoms with Crippen molar-refractivity contribution in [3.05, 3.63) is 64.4 Å². The summed E-state index contributed by atoms with van der Waals surface area (Å²) in [5.41, 5.74) is 2.89. The first-order chi connectivity index (χ1) is 14.2. The van der Waals surface area contributed by atoms with Crippen molar-refractivity contribution in [3.8, 4) is 17.2 Å². The molecule has 6 nitrogen and oxygen atoms in total. The molecule has 0 fully saturated rings. The molecule has 0 aliphatic carbocycles. The molecule has 4 rings (SSSR count). The van der Waals surface area contributed by atoms with Crippen molar-refractivity contribution in [2.24, 2.45) is 0 Å². The fourth-order valence-corrected chi connectivity index (χ4v) is 3.98. The van der Waals surface area contributed by atoms with Crippen molar-refractivity contribution in [1.29, 1.82) is 0 Å². The number of aromatic nitrogens is 2. The van der Waals surface area contributed by atoms with Gasteiger partial charge in [-0.05, 0) is 37.3 Å². The first kappa shape index (κ1) is 20.6. The first-order valence-corrected chi connectivity index (χ1v) is 10.3. The zero-order valence-corrected chi connectivity index (χ0v) is 18.2. The molecule has 0 bridgehead atoms. The third-order valence-corrected chi connectivity index (χ3v) is 5.64. The number of hydrogen-bond acceptors (Lipinski definition) is 4. The van der Waals surface area contributed by atoms with Crippen LogP contribution in [0.5, 0.6) is 11.5 Å². The van der Waals surface area contributed by atoms with Crippen molar-refractivity contribution in [2.75, 3.05) is 11.9 Å². The van der Waals surface area contributed by atoms with E-state index in [0.717, 1.165) is 5.69 Å². The van der Waals surface area contributed by atoms with Crippen LogP contribution in [0.1, 0.15) is 21.7 Å². The van der Waals surface area contributed by atoms with Crippen molar-refractivity contribution in [2.45, 2.75) is 18.5 Å². The molecule has 156 valence electrons. The lowest BCUT2D eigenvalue weighted by molar-refractivity contribution is -0.286. The van der Waals surface area contributed by atoms with E-state index < -0.39 is 6.29 Å². The normalized spacial score (nSPS) is 14.1. The van der Waals surface area contributed by atoms with Gasteiger partial charge >= 0.3 is 6.29 Å². The number of carbonyl (C=O) groups excluding carboxylic acids is 1. The van der Waals surface area contributed by atoms with Gasteiger partial charge in [-0.15, -0.1) is 8.78 Å². The molecule has 0 saturated carbocycles. The maximum Gasteiger partial charge on any atom is 0.586 e. The summed E-state index contributed by atoms with van der Waals surface area (Å²) in [5, 5.41) is 5.48. The number of halogens is 4. The fraction of sp³-hybridized carbons (Fsp3) is 0.200. The van der Waals surface area contributed by atoms with E-state index >= 15 is 0 Å². The number of alkyl halides is 3. The summed E-state index contributed by atoms with van der Waals surface area (Å²) >= 11 is 9.71. The minimum Gasteiger partial charge on any atom is -0.395 e. The number of rotatable bonds is 4. The van der Waals surface area contributed by atoms with Crippen LogP contribution in [0.15, 0.2) is 42.5 Å². The van der Waals surface area contributed by atoms with E-state index in [1.54, 1.807) is 36.9 Å². The number of aryl methyl sites for hydroxylation is 1. The number of nitrogens with zero attached hydrogens (tertiary/aromatic N) is 3. The van der Waals surface area contributed by atoms with Crippen LogP contribution < -0.4 is 14.4 Å². The van der Waals surface area contributed by atoms with E-state index in [0.29, 0.717) is 33.0 Å². The summed E-state index contributed by atoms with van der Waals surface area (Å²) in [6.45, 7) is 1.80. The van der Waals surface area contributed by atoms with Crippen LogP contribution in [0.3, 0.4) is 0 Å². The topological polar surface area (TPSA) is 56.6 Å². The second kappa shape index (κ2) is 7.55. The van der Waals surface area contributed by atoms with E-state index in [1.807, 2.05) is 6.07 Å². The van der Waals surface area contributed by atoms with Crippen molar-refractivity contribution in [1.82, 2.24) is 9.78 Å². The predicted molar refractivity (Wildman–Crippen MR) is 111 cm³/mol. The van der Waals surface area contributed by atoms with Gasteiger partial charge in [0.25, 0.3) is 5.91 Å². The average Bonchev–Trinajstić information content (AvgIpc) is 3.20. The molecule has 0 spiro atoms. The number of carbonyl (C=O) groups is 1. The van der Waals surface area contributed by atoms with E-state index in [-0.39, 0.29) is 17.4 Å². The summed E-state index contributed by atoms with van der Waals surface area (Å²) in [7, 11) is 1.55. The Morgan fingerprint density at radius 3 is 2.70 bits per heavy atom. The second-order valence-corrected chi connectivity index (χ2v) is 7.54. The van der Waals surface area contributed by atoms with Crippen LogP contribution in [0.25, 0.3) is 5.69 Å². The number of anilines is 1. The third-order valence-electron chi connectivity index (χ3n) is 4.62. The van der Waals surface area contributed by atoms with E-state index in [9.17, 15) is 13.6 Å². The van der Waals surface area contributed by atoms with Gasteiger partial charge in [0.05, 0.1) is 22.1 Å². The summed E-state index contributed by atoms with van der Waals surface area (Å²) < 4.78 is 37.0. The van der Waals surface area contributed by atoms with E-state index in [1.165, 1.54) is 23.1 Å². The number of amides is 1. The Hall–Kier alpha value is -2.65. The van der Waals surface area contributed by atoms with Gasteiger partial charge in [0, 0.05) is 29.7 Å². The molecular weight excluding hydrogens is 484 g/mol. The Balaban J connectivity index is 1.64. The molecule has 30 heavy (non-hydrogen) atoms. The molecule has 1 amide bonds. The SMILES string of the molecule is Cc1nn(-c2cccc(C(=O)N(C)c3ccc4c(c3)OC(F)(F)O4)c2)c(CBr)c1Cl. The van der Waals surface area contributed by atoms with Crippen LogP contribution in [0.2, 0.25) is 5.02 Å². The molecule has 1 aromatic heterocycles. The Kier molecular flexibility index (Phi) is 5.19. The van der Waals surface area contributed by atoms with E-state index in [2.05, 4.69) is 30.5 Å². The highest BCUT2D eigenvalue weighted by atomic mass is 79.9. The largest absolute Gasteiger partial charge is 0.586 e. The van der Waals surface area contributed by atoms with Crippen molar-refractivity contribution in [3.63, 3.8) is 0 Å². The standard InChI is InChI=1S/C20H15BrClF2N3O3/c1-11-18(22)15(10-21)27(25-11)14-5-3-4-12(8-14)19(28)26(2)13-6-7-16-17(9-13)30-20(23,24)29-16/h3-9H,10H2,1-2H3. The number of hydrogen-bond donors (Lipinski definition) is 0. The van der Waals surface area contributed by atoms with Gasteiger partial charge in [-0.25, -0.2) is 4.68 Å². The van der Waals surface area contributed by atoms with Gasteiger partial charge in [0.2, 0.25) is 0 Å². The molecule has 0 saturated heterocycles. The highest BCUT2D eigenvalue weighted by Gasteiger charge is 2.43. The summed E-state index contributed by atoms with van der Waals surface area (Å²) in [5.74, 6) is -0.549. The van der Waals surface area contributed by atoms with Gasteiger partial charge in [-0.1, -0.05) is 33.6 Å². The number of fused-ring (bicyclic) bond motifs is 1. The van der Waals surface area contributed by atoms with Crippen LogP contribution >= 0.6 is 27.5 Å². The highest BCUT2D eigenvalue weighted by molar-refractivity contribution is 9.08. The van der Waals surface area contributed by atoms with Crippen LogP contribution in [0.4, 0.5) is 14.5 Å². The van der Waals surface area contributed by atoms with Crippen LogP contribution in [-0.4, -0.2) is 29.0 Å². The molecule has 1 aliphatic rings. The summed E-state index contributed by atoms with van der Waals surface area (Å²) in [4.78, 5) is 14.4. The van der Waals surface area contributed by atoms with Crippen molar-refractivity contribution >= 4 is 39.1 Å². The molecule has 0 radical (unpaired) electrons. The molecule has 0 N–H and O–H groups in total. The second-order valence-electron chi connectivity index (χ2n) is 6.60. The van der Waals surface area contributed by atoms with Crippen molar-refractivity contribution < 1.29 is 23.0 Å². The molecule has 2 heterocycles. The van der Waals surface area contributed by atoms with Gasteiger partial charge in [-0.3, -0.25) is 4.79 Å². The van der Waals surface area contributed by atoms with Gasteiger partial charge < -0.3 is 14.4 Å². The Morgan fingerprint density at radius 2 is 1.97 bits per heavy atom. The average molecular weight is 499 g/mol. The first-order valence-electron chi connectivity index (χ1n) is 8.78. The Morgan fingerprint density at radius 1 is 1.23 bits per heavy atom. The number of benzene rings is 2. The minimum absolute atomic E-state index is 0.0835. The van der Waals surface area contributed by atoms with Crippen LogP contribution in [0, 0.1) is 6.92 Å². The molecule has 3 aromatic rings. The van der Waals surface area contributed by atoms with E-state index in [4.69, 9.17) is 11.6 Å². The van der Waals surface area contributed by atoms with Gasteiger partial charge in [-0.2, -0.15) is 5.10 Å². The molecule has 0 unspecified atom stereocenters. The predicted octanol–water partition coefficient (Wildman–Crippen LogP) is 5.33. The lowest BCUT2D eigenvalue weighted by atomic mass is 10.1. The van der Waals surface area contributed by atoms with Gasteiger partial charge in [0.15, 0.2) is 11.5 Å². The molecule has 1 aliphatic heterocycles. The molecular formula is C20H15BrClF2N3O3. The lowest BCUT2D eigenvalue weighted by Gasteiger charge is -2.18. The zero-order chi connectivity index (χ0) is 21.6. The molecule has 10 heteroatoms. The highest BCUT2D eigenvalue weighted by Crippen LogP contribution is 2.42. The van der Waals surface area contributed by atoms with Crippen LogP contribution in [-0.2, 0) is 5.33 Å². The summed E-state index contributed by atoms with van der Waals surface area (Å²) in [6.07, 6.45) is -3.71. The fourth-order valence-electron chi connectivity index (χ4n) is 3.11. The smallest absolute Gasteiger partial charge is 0.395 e. The maximum absolute atomic E-state index is 13.2. The lowest BCUT2D eigenvalue weighted by Crippen LogP contribution is -2.26. The quantitative estimate of drug-likeness (QED) is 0.457. The maximum atomic E-state index is 13.2. The molecule has 2 aromatic carbocycles. The Labute approximate surface area is 184 Å². The number of ether oxygens (including phenoxy) is 2. The summed E-state index contributed by atoms with van der Waals surface area (Å²) in [6, 6.07) is 11.1. The van der Waals surface area contributed by atoms with Gasteiger partial charge in [0.1, 0.15) is 0 Å². The minimum atomic E-state index is -3.71. The molecule has 0 atom stereocenters. The Bertz CT molecular complexity index is 1150. The monoisotopic (exact) mass is 497 g/mol.